The predicted molar refractivity (Wildman–Crippen MR) is 37.8 cm³/mol. The SMILES string of the molecule is C=C(C[C@@H](O)C(F)F)C(=O)OC. The first-order valence-corrected chi connectivity index (χ1v) is 3.21. The van der Waals surface area contributed by atoms with Crippen molar-refractivity contribution in [2.45, 2.75) is 19.0 Å². The van der Waals surface area contributed by atoms with Gasteiger partial charge in [0.15, 0.2) is 0 Å². The zero-order valence-electron chi connectivity index (χ0n) is 6.59. The van der Waals surface area contributed by atoms with E-state index in [9.17, 15) is 13.6 Å². The van der Waals surface area contributed by atoms with Gasteiger partial charge >= 0.3 is 5.97 Å². The molecule has 0 spiro atoms. The maximum Gasteiger partial charge on any atom is 0.333 e. The molecule has 0 rings (SSSR count). The summed E-state index contributed by atoms with van der Waals surface area (Å²) in [7, 11) is 1.11. The molecular formula is C7H10F2O3. The lowest BCUT2D eigenvalue weighted by atomic mass is 10.1. The van der Waals surface area contributed by atoms with Gasteiger partial charge in [-0.05, 0) is 0 Å². The highest BCUT2D eigenvalue weighted by atomic mass is 19.3. The van der Waals surface area contributed by atoms with Crippen LogP contribution in [0.4, 0.5) is 8.78 Å². The van der Waals surface area contributed by atoms with Crippen LogP contribution in [0.3, 0.4) is 0 Å². The van der Waals surface area contributed by atoms with E-state index in [0.29, 0.717) is 0 Å². The molecule has 1 atom stereocenters. The van der Waals surface area contributed by atoms with Crippen LogP contribution in [0.25, 0.3) is 0 Å². The van der Waals surface area contributed by atoms with Crippen molar-refractivity contribution in [3.8, 4) is 0 Å². The zero-order valence-corrected chi connectivity index (χ0v) is 6.59. The van der Waals surface area contributed by atoms with E-state index in [1.807, 2.05) is 0 Å². The molecule has 0 saturated heterocycles. The molecular weight excluding hydrogens is 170 g/mol. The molecule has 0 heterocycles. The summed E-state index contributed by atoms with van der Waals surface area (Å²) in [5, 5.41) is 8.62. The Labute approximate surface area is 68.6 Å². The third kappa shape index (κ3) is 3.43. The average molecular weight is 180 g/mol. The first-order chi connectivity index (χ1) is 5.49. The summed E-state index contributed by atoms with van der Waals surface area (Å²) < 4.78 is 27.6. The molecule has 0 aliphatic carbocycles. The van der Waals surface area contributed by atoms with Gasteiger partial charge in [0.1, 0.15) is 6.10 Å². The minimum atomic E-state index is -2.87. The smallest absolute Gasteiger partial charge is 0.333 e. The van der Waals surface area contributed by atoms with Gasteiger partial charge in [-0.2, -0.15) is 0 Å². The normalized spacial score (nSPS) is 12.8. The molecule has 5 heteroatoms. The number of carbonyl (C=O) groups excluding carboxylic acids is 1. The second-order valence-corrected chi connectivity index (χ2v) is 2.20. The molecule has 0 aromatic rings. The highest BCUT2D eigenvalue weighted by molar-refractivity contribution is 5.87. The molecule has 0 aromatic carbocycles. The summed E-state index contributed by atoms with van der Waals surface area (Å²) in [5.41, 5.74) is -0.162. The minimum Gasteiger partial charge on any atom is -0.466 e. The summed E-state index contributed by atoms with van der Waals surface area (Å²) in [4.78, 5) is 10.6. The van der Waals surface area contributed by atoms with Crippen molar-refractivity contribution >= 4 is 5.97 Å². The molecule has 0 aromatic heterocycles. The summed E-state index contributed by atoms with van der Waals surface area (Å²) in [5.74, 6) is -0.783. The third-order valence-corrected chi connectivity index (χ3v) is 1.22. The maximum atomic E-state index is 11.7. The molecule has 3 nitrogen and oxygen atoms in total. The van der Waals surface area contributed by atoms with E-state index < -0.39 is 24.9 Å². The van der Waals surface area contributed by atoms with Crippen LogP contribution in [0.5, 0.6) is 0 Å². The second-order valence-electron chi connectivity index (χ2n) is 2.20. The maximum absolute atomic E-state index is 11.7. The Morgan fingerprint density at radius 3 is 2.50 bits per heavy atom. The number of alkyl halides is 2. The average Bonchev–Trinajstić information content (AvgIpc) is 2.02. The van der Waals surface area contributed by atoms with Crippen LogP contribution in [0, 0.1) is 0 Å². The van der Waals surface area contributed by atoms with Gasteiger partial charge in [0.05, 0.1) is 7.11 Å². The van der Waals surface area contributed by atoms with Crippen molar-refractivity contribution in [2.24, 2.45) is 0 Å². The quantitative estimate of drug-likeness (QED) is 0.512. The minimum absolute atomic E-state index is 0.162. The Hall–Kier alpha value is -0.970. The molecule has 0 bridgehead atoms. The van der Waals surface area contributed by atoms with Crippen LogP contribution < -0.4 is 0 Å². The van der Waals surface area contributed by atoms with E-state index >= 15 is 0 Å². The third-order valence-electron chi connectivity index (χ3n) is 1.22. The van der Waals surface area contributed by atoms with Crippen molar-refractivity contribution in [3.63, 3.8) is 0 Å². The molecule has 0 aliphatic heterocycles. The lowest BCUT2D eigenvalue weighted by Gasteiger charge is -2.09. The second kappa shape index (κ2) is 4.82. The van der Waals surface area contributed by atoms with Crippen LogP contribution in [0.15, 0.2) is 12.2 Å². The van der Waals surface area contributed by atoms with Gasteiger partial charge in [0.2, 0.25) is 0 Å². The van der Waals surface area contributed by atoms with E-state index in [-0.39, 0.29) is 5.57 Å². The number of methoxy groups -OCH3 is 1. The van der Waals surface area contributed by atoms with Crippen molar-refractivity contribution < 1.29 is 23.4 Å². The Balaban J connectivity index is 3.92. The summed E-state index contributed by atoms with van der Waals surface area (Å²) >= 11 is 0. The predicted octanol–water partition coefficient (Wildman–Crippen LogP) is 0.732. The molecule has 0 unspecified atom stereocenters. The molecule has 70 valence electrons. The topological polar surface area (TPSA) is 46.5 Å². The molecule has 0 radical (unpaired) electrons. The van der Waals surface area contributed by atoms with E-state index in [0.717, 1.165) is 7.11 Å². The number of aliphatic hydroxyl groups excluding tert-OH is 1. The van der Waals surface area contributed by atoms with E-state index in [2.05, 4.69) is 11.3 Å². The van der Waals surface area contributed by atoms with Crippen LogP contribution in [-0.2, 0) is 9.53 Å². The fraction of sp³-hybridized carbons (Fsp3) is 0.571. The van der Waals surface area contributed by atoms with Crippen LogP contribution in [0.1, 0.15) is 6.42 Å². The van der Waals surface area contributed by atoms with E-state index in [1.165, 1.54) is 0 Å². The van der Waals surface area contributed by atoms with Gasteiger partial charge in [-0.3, -0.25) is 0 Å². The Morgan fingerprint density at radius 2 is 2.17 bits per heavy atom. The Bertz CT molecular complexity index is 179. The largest absolute Gasteiger partial charge is 0.466 e. The number of halogens is 2. The number of ether oxygens (including phenoxy) is 1. The number of rotatable bonds is 4. The number of hydrogen-bond donors (Lipinski definition) is 1. The molecule has 0 aliphatic rings. The first-order valence-electron chi connectivity index (χ1n) is 3.21. The monoisotopic (exact) mass is 180 g/mol. The number of carbonyl (C=O) groups is 1. The summed E-state index contributed by atoms with van der Waals surface area (Å²) in [6.45, 7) is 3.18. The van der Waals surface area contributed by atoms with Crippen LogP contribution in [0.2, 0.25) is 0 Å². The number of hydrogen-bond acceptors (Lipinski definition) is 3. The number of esters is 1. The van der Waals surface area contributed by atoms with Gasteiger partial charge in [-0.15, -0.1) is 0 Å². The Morgan fingerprint density at radius 1 is 1.67 bits per heavy atom. The van der Waals surface area contributed by atoms with Crippen LogP contribution in [-0.4, -0.2) is 30.7 Å². The molecule has 0 fully saturated rings. The fourth-order valence-corrected chi connectivity index (χ4v) is 0.569. The fourth-order valence-electron chi connectivity index (χ4n) is 0.569. The standard InChI is InChI=1S/C7H10F2O3/c1-4(7(11)12-2)3-5(10)6(8)9/h5-6,10H,1,3H2,2H3/t5-/m1/s1. The van der Waals surface area contributed by atoms with Gasteiger partial charge < -0.3 is 9.84 Å². The molecule has 12 heavy (non-hydrogen) atoms. The Kier molecular flexibility index (Phi) is 4.43. The van der Waals surface area contributed by atoms with Gasteiger partial charge in [-0.25, -0.2) is 13.6 Å². The lowest BCUT2D eigenvalue weighted by molar-refractivity contribution is -0.136. The van der Waals surface area contributed by atoms with Crippen molar-refractivity contribution in [3.05, 3.63) is 12.2 Å². The van der Waals surface area contributed by atoms with Gasteiger partial charge in [0.25, 0.3) is 6.43 Å². The lowest BCUT2D eigenvalue weighted by Crippen LogP contribution is -2.20. The van der Waals surface area contributed by atoms with Gasteiger partial charge in [-0.1, -0.05) is 6.58 Å². The molecule has 1 N–H and O–H groups in total. The van der Waals surface area contributed by atoms with Crippen LogP contribution >= 0.6 is 0 Å². The molecule has 0 amide bonds. The van der Waals surface area contributed by atoms with Crippen molar-refractivity contribution in [2.75, 3.05) is 7.11 Å². The number of aliphatic hydroxyl groups is 1. The van der Waals surface area contributed by atoms with Crippen molar-refractivity contribution in [1.82, 2.24) is 0 Å². The zero-order chi connectivity index (χ0) is 9.72. The summed E-state index contributed by atoms with van der Waals surface area (Å²) in [6.07, 6.45) is -5.19. The first kappa shape index (κ1) is 11.0. The molecule has 0 saturated carbocycles. The highest BCUT2D eigenvalue weighted by Crippen LogP contribution is 2.11. The summed E-state index contributed by atoms with van der Waals surface area (Å²) in [6, 6.07) is 0. The van der Waals surface area contributed by atoms with E-state index in [4.69, 9.17) is 5.11 Å². The van der Waals surface area contributed by atoms with Crippen molar-refractivity contribution in [1.29, 1.82) is 0 Å². The van der Waals surface area contributed by atoms with E-state index in [1.54, 1.807) is 0 Å². The highest BCUT2D eigenvalue weighted by Gasteiger charge is 2.20. The van der Waals surface area contributed by atoms with Gasteiger partial charge in [0, 0.05) is 12.0 Å².